The standard InChI is InChI=1S/C21H25N5O2/c1-28-17-10-8-16(9-11-17)20(25-12-4-5-13-25)14-22-21(27)15-26-19-7-3-2-6-18(19)23-24-26/h2-3,6-11,20H,4-5,12-15H2,1H3,(H,22,27)/t20-/m1/s1. The lowest BCUT2D eigenvalue weighted by atomic mass is 10.1. The SMILES string of the molecule is COc1ccc([C@@H](CNC(=O)Cn2nnc3ccccc32)N2CCCC2)cc1. The monoisotopic (exact) mass is 379 g/mol. The van der Waals surface area contributed by atoms with Crippen LogP contribution < -0.4 is 10.1 Å². The highest BCUT2D eigenvalue weighted by Crippen LogP contribution is 2.26. The quantitative estimate of drug-likeness (QED) is 0.682. The number of rotatable bonds is 7. The van der Waals surface area contributed by atoms with E-state index in [4.69, 9.17) is 4.74 Å². The molecule has 1 fully saturated rings. The van der Waals surface area contributed by atoms with Crippen LogP contribution in [0.25, 0.3) is 11.0 Å². The number of nitrogens with one attached hydrogen (secondary N) is 1. The van der Waals surface area contributed by atoms with Crippen molar-refractivity contribution in [2.24, 2.45) is 0 Å². The van der Waals surface area contributed by atoms with Crippen molar-refractivity contribution >= 4 is 16.9 Å². The van der Waals surface area contributed by atoms with Gasteiger partial charge in [0.1, 0.15) is 17.8 Å². The molecule has 0 bridgehead atoms. The molecule has 1 N–H and O–H groups in total. The van der Waals surface area contributed by atoms with Gasteiger partial charge in [0.25, 0.3) is 0 Å². The summed E-state index contributed by atoms with van der Waals surface area (Å²) in [4.78, 5) is 15.0. The number of para-hydroxylation sites is 1. The van der Waals surface area contributed by atoms with Gasteiger partial charge in [-0.1, -0.05) is 29.5 Å². The van der Waals surface area contributed by atoms with Gasteiger partial charge in [-0.2, -0.15) is 0 Å². The van der Waals surface area contributed by atoms with E-state index in [0.29, 0.717) is 6.54 Å². The number of aromatic nitrogens is 3. The summed E-state index contributed by atoms with van der Waals surface area (Å²) in [6, 6.07) is 15.9. The van der Waals surface area contributed by atoms with Crippen molar-refractivity contribution in [3.05, 3.63) is 54.1 Å². The lowest BCUT2D eigenvalue weighted by Crippen LogP contribution is -2.38. The summed E-state index contributed by atoms with van der Waals surface area (Å²) in [5.74, 6) is 0.777. The number of methoxy groups -OCH3 is 1. The minimum absolute atomic E-state index is 0.0617. The molecule has 4 rings (SSSR count). The van der Waals surface area contributed by atoms with Gasteiger partial charge in [-0.15, -0.1) is 5.10 Å². The van der Waals surface area contributed by atoms with Crippen LogP contribution in [0.2, 0.25) is 0 Å². The lowest BCUT2D eigenvalue weighted by molar-refractivity contribution is -0.122. The smallest absolute Gasteiger partial charge is 0.241 e. The van der Waals surface area contributed by atoms with Gasteiger partial charge >= 0.3 is 0 Å². The summed E-state index contributed by atoms with van der Waals surface area (Å²) in [6.07, 6.45) is 2.40. The molecule has 1 saturated heterocycles. The second-order valence-corrected chi connectivity index (χ2v) is 7.07. The molecule has 0 unspecified atom stereocenters. The van der Waals surface area contributed by atoms with E-state index in [9.17, 15) is 4.79 Å². The Labute approximate surface area is 164 Å². The van der Waals surface area contributed by atoms with Crippen molar-refractivity contribution < 1.29 is 9.53 Å². The zero-order chi connectivity index (χ0) is 19.3. The maximum atomic E-state index is 12.6. The molecule has 0 saturated carbocycles. The molecule has 1 aliphatic rings. The first-order chi connectivity index (χ1) is 13.7. The van der Waals surface area contributed by atoms with Gasteiger partial charge in [0.2, 0.25) is 5.91 Å². The van der Waals surface area contributed by atoms with Crippen molar-refractivity contribution in [2.45, 2.75) is 25.4 Å². The van der Waals surface area contributed by atoms with Gasteiger partial charge in [0.15, 0.2) is 0 Å². The molecule has 1 aromatic heterocycles. The Morgan fingerprint density at radius 2 is 1.89 bits per heavy atom. The number of carbonyl (C=O) groups is 1. The van der Waals surface area contributed by atoms with Gasteiger partial charge in [0.05, 0.1) is 18.7 Å². The van der Waals surface area contributed by atoms with E-state index in [2.05, 4.69) is 32.7 Å². The number of fused-ring (bicyclic) bond motifs is 1. The Morgan fingerprint density at radius 1 is 1.14 bits per heavy atom. The first-order valence-corrected chi connectivity index (χ1v) is 9.67. The minimum Gasteiger partial charge on any atom is -0.497 e. The molecule has 0 aliphatic carbocycles. The van der Waals surface area contributed by atoms with Gasteiger partial charge < -0.3 is 10.1 Å². The number of hydrogen-bond donors (Lipinski definition) is 1. The number of ether oxygens (including phenoxy) is 1. The van der Waals surface area contributed by atoms with E-state index in [1.54, 1.807) is 11.8 Å². The molecule has 1 amide bonds. The maximum absolute atomic E-state index is 12.6. The summed E-state index contributed by atoms with van der Waals surface area (Å²) in [5, 5.41) is 11.3. The molecule has 2 heterocycles. The number of amides is 1. The molecule has 7 heteroatoms. The molecular formula is C21H25N5O2. The van der Waals surface area contributed by atoms with Crippen molar-refractivity contribution in [1.82, 2.24) is 25.2 Å². The van der Waals surface area contributed by atoms with Gasteiger partial charge in [0, 0.05) is 6.54 Å². The average molecular weight is 379 g/mol. The summed E-state index contributed by atoms with van der Waals surface area (Å²) in [5.41, 5.74) is 2.85. The van der Waals surface area contributed by atoms with Crippen molar-refractivity contribution in [3.63, 3.8) is 0 Å². The zero-order valence-electron chi connectivity index (χ0n) is 16.0. The van der Waals surface area contributed by atoms with E-state index in [1.165, 1.54) is 18.4 Å². The van der Waals surface area contributed by atoms with E-state index in [1.807, 2.05) is 36.4 Å². The van der Waals surface area contributed by atoms with Crippen LogP contribution in [0, 0.1) is 0 Å². The highest BCUT2D eigenvalue weighted by Gasteiger charge is 2.24. The average Bonchev–Trinajstić information content (AvgIpc) is 3.40. The van der Waals surface area contributed by atoms with Crippen LogP contribution in [0.3, 0.4) is 0 Å². The first-order valence-electron chi connectivity index (χ1n) is 9.67. The summed E-state index contributed by atoms with van der Waals surface area (Å²) >= 11 is 0. The Balaban J connectivity index is 1.43. The zero-order valence-corrected chi connectivity index (χ0v) is 16.0. The van der Waals surface area contributed by atoms with Crippen molar-refractivity contribution in [3.8, 4) is 5.75 Å². The van der Waals surface area contributed by atoms with Gasteiger partial charge in [-0.25, -0.2) is 4.68 Å². The van der Waals surface area contributed by atoms with Crippen LogP contribution in [-0.4, -0.2) is 52.5 Å². The molecule has 1 atom stereocenters. The largest absolute Gasteiger partial charge is 0.497 e. The first kappa shape index (κ1) is 18.4. The highest BCUT2D eigenvalue weighted by molar-refractivity contribution is 5.79. The third kappa shape index (κ3) is 3.99. The molecule has 28 heavy (non-hydrogen) atoms. The molecule has 2 aromatic carbocycles. The molecule has 7 nitrogen and oxygen atoms in total. The third-order valence-electron chi connectivity index (χ3n) is 5.29. The van der Waals surface area contributed by atoms with Crippen LogP contribution in [0.1, 0.15) is 24.4 Å². The molecule has 0 radical (unpaired) electrons. The summed E-state index contributed by atoms with van der Waals surface area (Å²) < 4.78 is 6.91. The van der Waals surface area contributed by atoms with Gasteiger partial charge in [-0.3, -0.25) is 9.69 Å². The topological polar surface area (TPSA) is 72.3 Å². The summed E-state index contributed by atoms with van der Waals surface area (Å²) in [6.45, 7) is 2.84. The van der Waals surface area contributed by atoms with Crippen LogP contribution in [0.4, 0.5) is 0 Å². The third-order valence-corrected chi connectivity index (χ3v) is 5.29. The number of nitrogens with zero attached hydrogens (tertiary/aromatic N) is 4. The predicted octanol–water partition coefficient (Wildman–Crippen LogP) is 2.39. The molecule has 1 aliphatic heterocycles. The van der Waals surface area contributed by atoms with E-state index >= 15 is 0 Å². The fourth-order valence-corrected chi connectivity index (χ4v) is 3.77. The predicted molar refractivity (Wildman–Crippen MR) is 107 cm³/mol. The molecule has 3 aromatic rings. The number of hydrogen-bond acceptors (Lipinski definition) is 5. The minimum atomic E-state index is -0.0617. The van der Waals surface area contributed by atoms with Gasteiger partial charge in [-0.05, 0) is 55.8 Å². The summed E-state index contributed by atoms with van der Waals surface area (Å²) in [7, 11) is 1.67. The highest BCUT2D eigenvalue weighted by atomic mass is 16.5. The fourth-order valence-electron chi connectivity index (χ4n) is 3.77. The molecule has 0 spiro atoms. The van der Waals surface area contributed by atoms with Crippen molar-refractivity contribution in [1.29, 1.82) is 0 Å². The lowest BCUT2D eigenvalue weighted by Gasteiger charge is -2.28. The maximum Gasteiger partial charge on any atom is 0.241 e. The second kappa shape index (κ2) is 8.39. The number of likely N-dealkylation sites (tertiary alicyclic amines) is 1. The Morgan fingerprint density at radius 3 is 2.64 bits per heavy atom. The van der Waals surface area contributed by atoms with Crippen LogP contribution in [0.15, 0.2) is 48.5 Å². The van der Waals surface area contributed by atoms with Crippen LogP contribution >= 0.6 is 0 Å². The normalized spacial score (nSPS) is 15.6. The Kier molecular flexibility index (Phi) is 5.53. The van der Waals surface area contributed by atoms with Crippen molar-refractivity contribution in [2.75, 3.05) is 26.7 Å². The fraction of sp³-hybridized carbons (Fsp3) is 0.381. The second-order valence-electron chi connectivity index (χ2n) is 7.07. The molecular weight excluding hydrogens is 354 g/mol. The Bertz CT molecular complexity index is 931. The Hall–Kier alpha value is -2.93. The van der Waals surface area contributed by atoms with E-state index in [0.717, 1.165) is 29.9 Å². The van der Waals surface area contributed by atoms with E-state index in [-0.39, 0.29) is 18.5 Å². The van der Waals surface area contributed by atoms with Crippen LogP contribution in [-0.2, 0) is 11.3 Å². The number of carbonyl (C=O) groups excluding carboxylic acids is 1. The van der Waals surface area contributed by atoms with Crippen LogP contribution in [0.5, 0.6) is 5.75 Å². The van der Waals surface area contributed by atoms with E-state index < -0.39 is 0 Å². The molecule has 146 valence electrons. The number of benzene rings is 2.